The number of nitrogens with one attached hydrogen (secondary N) is 3. The molecule has 0 atom stereocenters. The fourth-order valence-corrected chi connectivity index (χ4v) is 3.31. The molecule has 0 bridgehead atoms. The van der Waals surface area contributed by atoms with Gasteiger partial charge in [-0.15, -0.1) is 4.83 Å². The number of hydrazine groups is 1. The van der Waals surface area contributed by atoms with Crippen LogP contribution in [-0.4, -0.2) is 43.2 Å². The van der Waals surface area contributed by atoms with E-state index in [2.05, 4.69) is 10.7 Å². The van der Waals surface area contributed by atoms with Crippen molar-refractivity contribution < 1.29 is 22.8 Å². The van der Waals surface area contributed by atoms with Gasteiger partial charge in [0.2, 0.25) is 5.91 Å². The summed E-state index contributed by atoms with van der Waals surface area (Å²) in [6, 6.07) is 4.03. The highest BCUT2D eigenvalue weighted by Gasteiger charge is 2.44. The Morgan fingerprint density at radius 2 is 1.85 bits per heavy atom. The Labute approximate surface area is 152 Å². The van der Waals surface area contributed by atoms with Crippen molar-refractivity contribution in [3.8, 4) is 0 Å². The lowest BCUT2D eigenvalue weighted by Gasteiger charge is -2.16. The number of sulfonamides is 1. The third kappa shape index (κ3) is 4.20. The van der Waals surface area contributed by atoms with E-state index in [9.17, 15) is 22.8 Å². The van der Waals surface area contributed by atoms with Gasteiger partial charge in [-0.05, 0) is 51.0 Å². The molecular weight excluding hydrogens is 360 g/mol. The Bertz CT molecular complexity index is 863. The summed E-state index contributed by atoms with van der Waals surface area (Å²) >= 11 is 0. The summed E-state index contributed by atoms with van der Waals surface area (Å²) in [4.78, 5) is 38.6. The van der Waals surface area contributed by atoms with Gasteiger partial charge in [0.05, 0.1) is 4.90 Å². The van der Waals surface area contributed by atoms with E-state index in [4.69, 9.17) is 0 Å². The van der Waals surface area contributed by atoms with Crippen LogP contribution in [0.5, 0.6) is 0 Å². The third-order valence-corrected chi connectivity index (χ3v) is 5.37. The molecule has 3 N–H and O–H groups in total. The number of aryl methyl sites for hydroxylation is 2. The van der Waals surface area contributed by atoms with Crippen LogP contribution in [-0.2, 0) is 19.6 Å². The highest BCUT2D eigenvalue weighted by Crippen LogP contribution is 2.17. The van der Waals surface area contributed by atoms with Crippen LogP contribution in [0.3, 0.4) is 0 Å². The van der Waals surface area contributed by atoms with Crippen molar-refractivity contribution in [1.29, 1.82) is 0 Å². The van der Waals surface area contributed by atoms with Gasteiger partial charge in [-0.3, -0.25) is 19.9 Å². The highest BCUT2D eigenvalue weighted by atomic mass is 32.2. The molecule has 26 heavy (non-hydrogen) atoms. The average Bonchev–Trinajstić information content (AvgIpc) is 2.74. The lowest BCUT2D eigenvalue weighted by atomic mass is 10.1. The summed E-state index contributed by atoms with van der Waals surface area (Å²) in [6.45, 7) is 6.62. The molecule has 142 valence electrons. The molecule has 2 rings (SSSR count). The number of nitrogens with zero attached hydrogens (tertiary/aromatic N) is 1. The minimum Gasteiger partial charge on any atom is -0.324 e. The Kier molecular flexibility index (Phi) is 5.38. The molecule has 9 nitrogen and oxygen atoms in total. The summed E-state index contributed by atoms with van der Waals surface area (Å²) in [5, 5.41) is 2.50. The Hall–Kier alpha value is -2.46. The molecule has 0 radical (unpaired) electrons. The van der Waals surface area contributed by atoms with Gasteiger partial charge in [0.15, 0.2) is 0 Å². The maximum Gasteiger partial charge on any atom is 0.325 e. The van der Waals surface area contributed by atoms with Crippen LogP contribution in [0, 0.1) is 13.8 Å². The van der Waals surface area contributed by atoms with Crippen molar-refractivity contribution >= 4 is 27.9 Å². The van der Waals surface area contributed by atoms with Crippen LogP contribution in [0.25, 0.3) is 0 Å². The molecule has 1 aromatic rings. The molecule has 4 amide bonds. The molecule has 0 spiro atoms. The fraction of sp³-hybridized carbons (Fsp3) is 0.438. The van der Waals surface area contributed by atoms with Gasteiger partial charge >= 0.3 is 6.03 Å². The largest absolute Gasteiger partial charge is 0.325 e. The van der Waals surface area contributed by atoms with Crippen LogP contribution in [0.4, 0.5) is 4.79 Å². The van der Waals surface area contributed by atoms with Crippen molar-refractivity contribution in [1.82, 2.24) is 20.5 Å². The van der Waals surface area contributed by atoms with E-state index in [-0.39, 0.29) is 17.9 Å². The monoisotopic (exact) mass is 382 g/mol. The minimum atomic E-state index is -3.91. The SMILES string of the molecule is Cc1ccc(S(=O)(=O)NNC(=O)CCN2C(=O)NC(C)(C)C2=O)cc1C. The summed E-state index contributed by atoms with van der Waals surface area (Å²) in [6.07, 6.45) is -0.231. The summed E-state index contributed by atoms with van der Waals surface area (Å²) in [5.74, 6) is -1.10. The molecule has 0 unspecified atom stereocenters. The van der Waals surface area contributed by atoms with E-state index < -0.39 is 33.4 Å². The molecule has 1 fully saturated rings. The molecular formula is C16H22N4O5S. The number of benzene rings is 1. The molecule has 1 aliphatic heterocycles. The highest BCUT2D eigenvalue weighted by molar-refractivity contribution is 7.89. The maximum absolute atomic E-state index is 12.2. The van der Waals surface area contributed by atoms with Crippen molar-refractivity contribution in [2.45, 2.75) is 44.6 Å². The van der Waals surface area contributed by atoms with Crippen LogP contribution in [0.15, 0.2) is 23.1 Å². The van der Waals surface area contributed by atoms with Crippen LogP contribution in [0.2, 0.25) is 0 Å². The Morgan fingerprint density at radius 3 is 2.38 bits per heavy atom. The number of urea groups is 1. The van der Waals surface area contributed by atoms with E-state index in [0.29, 0.717) is 0 Å². The van der Waals surface area contributed by atoms with Gasteiger partial charge < -0.3 is 5.32 Å². The van der Waals surface area contributed by atoms with Gasteiger partial charge in [0.1, 0.15) is 5.54 Å². The number of hydrogen-bond donors (Lipinski definition) is 3. The molecule has 1 heterocycles. The first-order valence-corrected chi connectivity index (χ1v) is 9.44. The van der Waals surface area contributed by atoms with E-state index in [1.165, 1.54) is 12.1 Å². The van der Waals surface area contributed by atoms with E-state index in [0.717, 1.165) is 16.0 Å². The normalized spacial score (nSPS) is 16.5. The zero-order valence-corrected chi connectivity index (χ0v) is 15.9. The quantitative estimate of drug-likeness (QED) is 0.483. The number of carbonyl (C=O) groups is 3. The molecule has 0 saturated carbocycles. The standard InChI is InChI=1S/C16H22N4O5S/c1-10-5-6-12(9-11(10)2)26(24,25)19-18-13(21)7-8-20-14(22)16(3,4)17-15(20)23/h5-6,9,19H,7-8H2,1-4H3,(H,17,23)(H,18,21). The first kappa shape index (κ1) is 19.9. The van der Waals surface area contributed by atoms with E-state index >= 15 is 0 Å². The number of amides is 4. The van der Waals surface area contributed by atoms with Crippen LogP contribution < -0.4 is 15.6 Å². The molecule has 1 saturated heterocycles. The summed E-state index contributed by atoms with van der Waals surface area (Å²) in [5.41, 5.74) is 2.82. The fourth-order valence-electron chi connectivity index (χ4n) is 2.36. The summed E-state index contributed by atoms with van der Waals surface area (Å²) < 4.78 is 24.4. The van der Waals surface area contributed by atoms with Gasteiger partial charge in [-0.2, -0.15) is 0 Å². The predicted octanol–water partition coefficient (Wildman–Crippen LogP) is 0.333. The van der Waals surface area contributed by atoms with Gasteiger partial charge in [-0.1, -0.05) is 6.07 Å². The lowest BCUT2D eigenvalue weighted by Crippen LogP contribution is -2.44. The second kappa shape index (κ2) is 7.04. The number of imide groups is 1. The molecule has 1 aromatic carbocycles. The molecule has 10 heteroatoms. The second-order valence-electron chi connectivity index (χ2n) is 6.66. The minimum absolute atomic E-state index is 0.0248. The van der Waals surface area contributed by atoms with Crippen molar-refractivity contribution in [2.24, 2.45) is 0 Å². The van der Waals surface area contributed by atoms with E-state index in [1.54, 1.807) is 26.8 Å². The third-order valence-electron chi connectivity index (χ3n) is 4.12. The number of hydrogen-bond acceptors (Lipinski definition) is 5. The molecule has 1 aliphatic rings. The topological polar surface area (TPSA) is 125 Å². The molecule has 0 aliphatic carbocycles. The van der Waals surface area contributed by atoms with Gasteiger partial charge in [0.25, 0.3) is 15.9 Å². The zero-order chi connectivity index (χ0) is 19.7. The first-order valence-electron chi connectivity index (χ1n) is 7.96. The van der Waals surface area contributed by atoms with Crippen molar-refractivity contribution in [3.63, 3.8) is 0 Å². The average molecular weight is 382 g/mol. The van der Waals surface area contributed by atoms with Crippen LogP contribution >= 0.6 is 0 Å². The Balaban J connectivity index is 1.91. The Morgan fingerprint density at radius 1 is 1.19 bits per heavy atom. The van der Waals surface area contributed by atoms with Gasteiger partial charge in [-0.25, -0.2) is 13.2 Å². The van der Waals surface area contributed by atoms with Crippen LogP contribution in [0.1, 0.15) is 31.4 Å². The first-order chi connectivity index (χ1) is 11.9. The van der Waals surface area contributed by atoms with Crippen molar-refractivity contribution in [3.05, 3.63) is 29.3 Å². The van der Waals surface area contributed by atoms with Gasteiger partial charge in [0, 0.05) is 13.0 Å². The smallest absolute Gasteiger partial charge is 0.324 e. The van der Waals surface area contributed by atoms with E-state index in [1.807, 2.05) is 11.8 Å². The predicted molar refractivity (Wildman–Crippen MR) is 93.3 cm³/mol. The number of rotatable bonds is 6. The molecule has 0 aromatic heterocycles. The lowest BCUT2D eigenvalue weighted by molar-refractivity contribution is -0.130. The number of carbonyl (C=O) groups excluding carboxylic acids is 3. The maximum atomic E-state index is 12.2. The zero-order valence-electron chi connectivity index (χ0n) is 15.0. The van der Waals surface area contributed by atoms with Crippen molar-refractivity contribution in [2.75, 3.05) is 6.54 Å². The second-order valence-corrected chi connectivity index (χ2v) is 8.34. The summed E-state index contributed by atoms with van der Waals surface area (Å²) in [7, 11) is -3.91.